The second-order valence-electron chi connectivity index (χ2n) is 3.59. The van der Waals surface area contributed by atoms with Crippen molar-refractivity contribution in [1.29, 1.82) is 0 Å². The molecule has 0 spiro atoms. The summed E-state index contributed by atoms with van der Waals surface area (Å²) in [6, 6.07) is 0. The Bertz CT molecular complexity index is 523. The SMILES string of the molecule is CCN(CC)S(=O)(=O)Nc1nc(CC(=O)OC)cs1. The van der Waals surface area contributed by atoms with Crippen LogP contribution in [0.15, 0.2) is 5.38 Å². The van der Waals surface area contributed by atoms with Crippen LogP contribution in [0.4, 0.5) is 5.13 Å². The fourth-order valence-electron chi connectivity index (χ4n) is 1.39. The third kappa shape index (κ3) is 4.44. The molecule has 1 aromatic heterocycles. The molecule has 19 heavy (non-hydrogen) atoms. The van der Waals surface area contributed by atoms with E-state index in [1.165, 1.54) is 11.4 Å². The Hall–Kier alpha value is -1.19. The van der Waals surface area contributed by atoms with Crippen LogP contribution >= 0.6 is 11.3 Å². The average Bonchev–Trinajstić information content (AvgIpc) is 2.76. The zero-order chi connectivity index (χ0) is 14.5. The van der Waals surface area contributed by atoms with Crippen LogP contribution in [0, 0.1) is 0 Å². The minimum atomic E-state index is -3.58. The zero-order valence-electron chi connectivity index (χ0n) is 11.0. The molecule has 0 saturated heterocycles. The van der Waals surface area contributed by atoms with Crippen LogP contribution in [0.25, 0.3) is 0 Å². The standard InChI is InChI=1S/C10H17N3O4S2/c1-4-13(5-2)19(15,16)12-10-11-8(7-18-10)6-9(14)17-3/h7H,4-6H2,1-3H3,(H,11,12). The highest BCUT2D eigenvalue weighted by atomic mass is 32.2. The number of esters is 1. The van der Waals surface area contributed by atoms with Gasteiger partial charge in [-0.3, -0.25) is 4.79 Å². The van der Waals surface area contributed by atoms with Gasteiger partial charge in [0.15, 0.2) is 5.13 Å². The van der Waals surface area contributed by atoms with Gasteiger partial charge in [0.25, 0.3) is 0 Å². The maximum absolute atomic E-state index is 11.9. The van der Waals surface area contributed by atoms with Crippen molar-refractivity contribution >= 4 is 32.6 Å². The highest BCUT2D eigenvalue weighted by Gasteiger charge is 2.20. The average molecular weight is 307 g/mol. The number of carbonyl (C=O) groups excluding carboxylic acids is 1. The Morgan fingerprint density at radius 1 is 1.47 bits per heavy atom. The molecule has 0 atom stereocenters. The van der Waals surface area contributed by atoms with Gasteiger partial charge in [-0.1, -0.05) is 13.8 Å². The van der Waals surface area contributed by atoms with E-state index in [9.17, 15) is 13.2 Å². The fourth-order valence-corrected chi connectivity index (χ4v) is 3.53. The van der Waals surface area contributed by atoms with Gasteiger partial charge in [-0.15, -0.1) is 11.3 Å². The van der Waals surface area contributed by atoms with Gasteiger partial charge >= 0.3 is 16.2 Å². The Balaban J connectivity index is 2.75. The van der Waals surface area contributed by atoms with Crippen LogP contribution in [0.5, 0.6) is 0 Å². The van der Waals surface area contributed by atoms with E-state index in [0.717, 1.165) is 11.3 Å². The summed E-state index contributed by atoms with van der Waals surface area (Å²) < 4.78 is 32.1. The molecule has 0 amide bonds. The Kier molecular flexibility index (Phi) is 5.70. The predicted molar refractivity (Wildman–Crippen MR) is 73.3 cm³/mol. The first-order chi connectivity index (χ1) is 8.92. The number of anilines is 1. The molecular formula is C10H17N3O4S2. The van der Waals surface area contributed by atoms with E-state index in [-0.39, 0.29) is 11.6 Å². The summed E-state index contributed by atoms with van der Waals surface area (Å²) in [5.41, 5.74) is 0.481. The molecule has 0 aliphatic heterocycles. The molecule has 1 aromatic rings. The van der Waals surface area contributed by atoms with Crippen molar-refractivity contribution in [2.45, 2.75) is 20.3 Å². The number of thiazole rings is 1. The van der Waals surface area contributed by atoms with Crippen molar-refractivity contribution in [1.82, 2.24) is 9.29 Å². The second-order valence-corrected chi connectivity index (χ2v) is 6.12. The van der Waals surface area contributed by atoms with Crippen molar-refractivity contribution in [3.05, 3.63) is 11.1 Å². The highest BCUT2D eigenvalue weighted by Crippen LogP contribution is 2.18. The lowest BCUT2D eigenvalue weighted by molar-refractivity contribution is -0.139. The molecule has 1 heterocycles. The lowest BCUT2D eigenvalue weighted by Crippen LogP contribution is -2.35. The Morgan fingerprint density at radius 3 is 2.63 bits per heavy atom. The number of methoxy groups -OCH3 is 1. The van der Waals surface area contributed by atoms with Crippen molar-refractivity contribution in [3.8, 4) is 0 Å². The molecule has 1 N–H and O–H groups in total. The summed E-state index contributed by atoms with van der Waals surface area (Å²) in [7, 11) is -2.29. The van der Waals surface area contributed by atoms with Crippen LogP contribution in [0.1, 0.15) is 19.5 Å². The number of rotatable bonds is 7. The van der Waals surface area contributed by atoms with Crippen LogP contribution in [-0.2, 0) is 26.2 Å². The van der Waals surface area contributed by atoms with E-state index in [0.29, 0.717) is 18.8 Å². The lowest BCUT2D eigenvalue weighted by atomic mass is 10.3. The van der Waals surface area contributed by atoms with Gasteiger partial charge < -0.3 is 4.74 Å². The van der Waals surface area contributed by atoms with Crippen LogP contribution in [-0.4, -0.2) is 43.9 Å². The summed E-state index contributed by atoms with van der Waals surface area (Å²) in [5.74, 6) is -0.413. The minimum Gasteiger partial charge on any atom is -0.469 e. The number of hydrogen-bond donors (Lipinski definition) is 1. The van der Waals surface area contributed by atoms with E-state index in [2.05, 4.69) is 14.4 Å². The molecule has 9 heteroatoms. The molecule has 0 saturated carbocycles. The molecule has 0 aromatic carbocycles. The topological polar surface area (TPSA) is 88.6 Å². The lowest BCUT2D eigenvalue weighted by Gasteiger charge is -2.17. The number of nitrogens with zero attached hydrogens (tertiary/aromatic N) is 2. The summed E-state index contributed by atoms with van der Waals surface area (Å²) in [4.78, 5) is 15.1. The molecule has 0 radical (unpaired) electrons. The number of nitrogens with one attached hydrogen (secondary N) is 1. The number of ether oxygens (including phenoxy) is 1. The first kappa shape index (κ1) is 15.9. The van der Waals surface area contributed by atoms with Crippen molar-refractivity contribution < 1.29 is 17.9 Å². The molecule has 0 fully saturated rings. The Morgan fingerprint density at radius 2 is 2.11 bits per heavy atom. The maximum atomic E-state index is 11.9. The molecule has 7 nitrogen and oxygen atoms in total. The molecule has 0 aliphatic carbocycles. The van der Waals surface area contributed by atoms with E-state index in [1.807, 2.05) is 0 Å². The zero-order valence-corrected chi connectivity index (χ0v) is 12.7. The van der Waals surface area contributed by atoms with Crippen molar-refractivity contribution in [3.63, 3.8) is 0 Å². The molecule has 0 aliphatic rings. The van der Waals surface area contributed by atoms with E-state index in [1.54, 1.807) is 19.2 Å². The van der Waals surface area contributed by atoms with Gasteiger partial charge in [0.2, 0.25) is 0 Å². The van der Waals surface area contributed by atoms with Crippen molar-refractivity contribution in [2.24, 2.45) is 0 Å². The summed E-state index contributed by atoms with van der Waals surface area (Å²) in [6.45, 7) is 4.28. The maximum Gasteiger partial charge on any atom is 0.311 e. The van der Waals surface area contributed by atoms with Gasteiger partial charge in [-0.2, -0.15) is 12.7 Å². The molecule has 0 unspecified atom stereocenters. The fraction of sp³-hybridized carbons (Fsp3) is 0.600. The Labute approximate surface area is 116 Å². The van der Waals surface area contributed by atoms with Crippen molar-refractivity contribution in [2.75, 3.05) is 24.9 Å². The number of hydrogen-bond acceptors (Lipinski definition) is 6. The molecule has 108 valence electrons. The van der Waals surface area contributed by atoms with Gasteiger partial charge in [0.1, 0.15) is 0 Å². The monoisotopic (exact) mass is 307 g/mol. The quantitative estimate of drug-likeness (QED) is 0.755. The summed E-state index contributed by atoms with van der Waals surface area (Å²) in [5, 5.41) is 1.86. The van der Waals surface area contributed by atoms with Crippen LogP contribution in [0.3, 0.4) is 0 Å². The van der Waals surface area contributed by atoms with E-state index < -0.39 is 16.2 Å². The van der Waals surface area contributed by atoms with Gasteiger partial charge in [0.05, 0.1) is 19.2 Å². The largest absolute Gasteiger partial charge is 0.469 e. The molecular weight excluding hydrogens is 290 g/mol. The van der Waals surface area contributed by atoms with Crippen LogP contribution < -0.4 is 4.72 Å². The van der Waals surface area contributed by atoms with Crippen LogP contribution in [0.2, 0.25) is 0 Å². The summed E-state index contributed by atoms with van der Waals surface area (Å²) in [6.07, 6.45) is 0.0278. The molecule has 1 rings (SSSR count). The first-order valence-corrected chi connectivity index (χ1v) is 8.04. The summed E-state index contributed by atoms with van der Waals surface area (Å²) >= 11 is 1.13. The number of carbonyl (C=O) groups is 1. The van der Waals surface area contributed by atoms with Gasteiger partial charge in [-0.25, -0.2) is 9.71 Å². The highest BCUT2D eigenvalue weighted by molar-refractivity contribution is 7.90. The first-order valence-electron chi connectivity index (χ1n) is 5.72. The normalized spacial score (nSPS) is 11.6. The van der Waals surface area contributed by atoms with E-state index >= 15 is 0 Å². The minimum absolute atomic E-state index is 0.0278. The van der Waals surface area contributed by atoms with E-state index in [4.69, 9.17) is 0 Å². The third-order valence-electron chi connectivity index (χ3n) is 2.37. The predicted octanol–water partition coefficient (Wildman–Crippen LogP) is 0.857. The number of aromatic nitrogens is 1. The second kappa shape index (κ2) is 6.83. The molecule has 0 bridgehead atoms. The van der Waals surface area contributed by atoms with Gasteiger partial charge in [-0.05, 0) is 0 Å². The smallest absolute Gasteiger partial charge is 0.311 e. The third-order valence-corrected chi connectivity index (χ3v) is 4.95. The van der Waals surface area contributed by atoms with Gasteiger partial charge in [0, 0.05) is 18.5 Å².